The number of nitrogens with zero attached hydrogens (tertiary/aromatic N) is 1. The molecule has 0 heterocycles. The maximum Gasteiger partial charge on any atom is 0.242 e. The molecule has 0 radical (unpaired) electrons. The zero-order valence-corrected chi connectivity index (χ0v) is 19.9. The van der Waals surface area contributed by atoms with Crippen molar-refractivity contribution in [2.45, 2.75) is 57.1 Å². The van der Waals surface area contributed by atoms with Crippen molar-refractivity contribution in [1.82, 2.24) is 10.2 Å². The van der Waals surface area contributed by atoms with Gasteiger partial charge in [-0.25, -0.2) is 0 Å². The Hall–Kier alpha value is -1.69. The molecule has 0 fully saturated rings. The lowest BCUT2D eigenvalue weighted by molar-refractivity contribution is -0.140. The molecule has 2 aromatic rings. The van der Waals surface area contributed by atoms with Crippen LogP contribution in [0.25, 0.3) is 0 Å². The van der Waals surface area contributed by atoms with Gasteiger partial charge in [0, 0.05) is 45.3 Å². The average Bonchev–Trinajstić information content (AvgIpc) is 2.73. The highest BCUT2D eigenvalue weighted by atomic mass is 35.5. The second-order valence-corrected chi connectivity index (χ2v) is 9.11. The molecule has 7 heteroatoms. The van der Waals surface area contributed by atoms with Gasteiger partial charge in [0.2, 0.25) is 11.8 Å². The van der Waals surface area contributed by atoms with Gasteiger partial charge in [0.25, 0.3) is 0 Å². The van der Waals surface area contributed by atoms with Crippen molar-refractivity contribution >= 4 is 46.8 Å². The van der Waals surface area contributed by atoms with Gasteiger partial charge in [0.15, 0.2) is 0 Å². The Morgan fingerprint density at radius 2 is 1.67 bits per heavy atom. The van der Waals surface area contributed by atoms with E-state index >= 15 is 0 Å². The van der Waals surface area contributed by atoms with Gasteiger partial charge in [-0.05, 0) is 44.5 Å². The van der Waals surface area contributed by atoms with Crippen LogP contribution in [-0.2, 0) is 16.1 Å². The Morgan fingerprint density at radius 1 is 1.03 bits per heavy atom. The van der Waals surface area contributed by atoms with Crippen LogP contribution < -0.4 is 5.32 Å². The molecule has 4 nitrogen and oxygen atoms in total. The van der Waals surface area contributed by atoms with Crippen LogP contribution in [-0.4, -0.2) is 34.6 Å². The van der Waals surface area contributed by atoms with E-state index in [2.05, 4.69) is 5.32 Å². The summed E-state index contributed by atoms with van der Waals surface area (Å²) in [6.45, 7) is 5.87. The molecule has 0 bridgehead atoms. The van der Waals surface area contributed by atoms with E-state index in [0.717, 1.165) is 11.3 Å². The van der Waals surface area contributed by atoms with Gasteiger partial charge in [-0.3, -0.25) is 9.59 Å². The minimum absolute atomic E-state index is 0.0365. The Balaban J connectivity index is 2.14. The molecular weight excluding hydrogens is 439 g/mol. The molecule has 0 unspecified atom stereocenters. The van der Waals surface area contributed by atoms with E-state index in [9.17, 15) is 9.59 Å². The van der Waals surface area contributed by atoms with Gasteiger partial charge in [-0.2, -0.15) is 0 Å². The molecule has 0 saturated heterocycles. The molecule has 0 aromatic heterocycles. The van der Waals surface area contributed by atoms with Crippen molar-refractivity contribution in [3.8, 4) is 0 Å². The molecule has 2 atom stereocenters. The van der Waals surface area contributed by atoms with Gasteiger partial charge in [-0.15, -0.1) is 11.8 Å². The summed E-state index contributed by atoms with van der Waals surface area (Å²) in [5, 5.41) is 3.92. The maximum absolute atomic E-state index is 13.1. The van der Waals surface area contributed by atoms with Gasteiger partial charge < -0.3 is 10.2 Å². The number of thioether (sulfide) groups is 1. The number of nitrogens with one attached hydrogen (secondary N) is 1. The third kappa shape index (κ3) is 7.22. The van der Waals surface area contributed by atoms with E-state index in [1.165, 1.54) is 0 Å². The Bertz CT molecular complexity index is 828. The maximum atomic E-state index is 13.1. The second kappa shape index (κ2) is 12.2. The lowest BCUT2D eigenvalue weighted by Crippen LogP contribution is -2.49. The Morgan fingerprint density at radius 3 is 2.27 bits per heavy atom. The first-order valence-corrected chi connectivity index (χ1v) is 11.8. The predicted octanol–water partition coefficient (Wildman–Crippen LogP) is 5.81. The number of hydrogen-bond donors (Lipinski definition) is 1. The van der Waals surface area contributed by atoms with Gasteiger partial charge >= 0.3 is 0 Å². The smallest absolute Gasteiger partial charge is 0.242 e. The summed E-state index contributed by atoms with van der Waals surface area (Å²) in [6.07, 6.45) is 1.12. The third-order valence-electron chi connectivity index (χ3n) is 4.89. The molecule has 2 rings (SSSR count). The molecule has 0 aliphatic carbocycles. The first kappa shape index (κ1) is 24.6. The Kier molecular flexibility index (Phi) is 10.0. The Labute approximate surface area is 193 Å². The fourth-order valence-electron chi connectivity index (χ4n) is 2.82. The SMILES string of the molecule is CC[C@@H](C)NC(=O)[C@H](C)N(Cc1c(Cl)cccc1Cl)C(=O)CCSc1ccccc1. The molecule has 162 valence electrons. The number of benzene rings is 2. The van der Waals surface area contributed by atoms with Crippen LogP contribution in [0.2, 0.25) is 10.0 Å². The van der Waals surface area contributed by atoms with Crippen molar-refractivity contribution in [3.63, 3.8) is 0 Å². The van der Waals surface area contributed by atoms with Gasteiger partial charge in [0.05, 0.1) is 0 Å². The monoisotopic (exact) mass is 466 g/mol. The van der Waals surface area contributed by atoms with E-state index in [-0.39, 0.29) is 24.4 Å². The summed E-state index contributed by atoms with van der Waals surface area (Å²) in [5.41, 5.74) is 0.646. The minimum Gasteiger partial charge on any atom is -0.352 e. The topological polar surface area (TPSA) is 49.4 Å². The molecule has 0 spiro atoms. The molecule has 2 amide bonds. The number of halogens is 2. The van der Waals surface area contributed by atoms with Crippen LogP contribution in [0.5, 0.6) is 0 Å². The number of amides is 2. The standard InChI is InChI=1S/C23H28Cl2N2O2S/c1-4-16(2)26-23(29)17(3)27(15-19-20(24)11-8-12-21(19)25)22(28)13-14-30-18-9-6-5-7-10-18/h5-12,16-17H,4,13-15H2,1-3H3,(H,26,29)/t16-,17+/m1/s1. The van der Waals surface area contributed by atoms with Crippen LogP contribution in [0, 0.1) is 0 Å². The van der Waals surface area contributed by atoms with E-state index in [4.69, 9.17) is 23.2 Å². The van der Waals surface area contributed by atoms with Crippen molar-refractivity contribution in [2.24, 2.45) is 0 Å². The van der Waals surface area contributed by atoms with Crippen LogP contribution in [0.3, 0.4) is 0 Å². The lowest BCUT2D eigenvalue weighted by atomic mass is 10.1. The van der Waals surface area contributed by atoms with Crippen LogP contribution in [0.1, 0.15) is 39.2 Å². The van der Waals surface area contributed by atoms with Crippen LogP contribution in [0.15, 0.2) is 53.4 Å². The zero-order chi connectivity index (χ0) is 22.1. The minimum atomic E-state index is -0.638. The molecule has 2 aromatic carbocycles. The molecule has 0 aliphatic heterocycles. The summed E-state index contributed by atoms with van der Waals surface area (Å²) in [6, 6.07) is 14.6. The second-order valence-electron chi connectivity index (χ2n) is 7.13. The van der Waals surface area contributed by atoms with Crippen molar-refractivity contribution in [3.05, 3.63) is 64.1 Å². The summed E-state index contributed by atoms with van der Waals surface area (Å²) < 4.78 is 0. The number of rotatable bonds is 10. The molecule has 1 N–H and O–H groups in total. The fourth-order valence-corrected chi connectivity index (χ4v) is 4.20. The average molecular weight is 467 g/mol. The molecule has 0 saturated carbocycles. The largest absolute Gasteiger partial charge is 0.352 e. The van der Waals surface area contributed by atoms with Crippen LogP contribution in [0.4, 0.5) is 0 Å². The summed E-state index contributed by atoms with van der Waals surface area (Å²) in [5.74, 6) is 0.327. The van der Waals surface area contributed by atoms with Crippen molar-refractivity contribution in [2.75, 3.05) is 5.75 Å². The van der Waals surface area contributed by atoms with E-state index < -0.39 is 6.04 Å². The number of carbonyl (C=O) groups is 2. The van der Waals surface area contributed by atoms with E-state index in [0.29, 0.717) is 27.8 Å². The van der Waals surface area contributed by atoms with Gasteiger partial charge in [0.1, 0.15) is 6.04 Å². The molecule has 30 heavy (non-hydrogen) atoms. The van der Waals surface area contributed by atoms with E-state index in [1.54, 1.807) is 41.8 Å². The third-order valence-corrected chi connectivity index (χ3v) is 6.61. The lowest BCUT2D eigenvalue weighted by Gasteiger charge is -2.30. The number of hydrogen-bond acceptors (Lipinski definition) is 3. The summed E-state index contributed by atoms with van der Waals surface area (Å²) >= 11 is 14.3. The highest BCUT2D eigenvalue weighted by Gasteiger charge is 2.27. The highest BCUT2D eigenvalue weighted by molar-refractivity contribution is 7.99. The summed E-state index contributed by atoms with van der Waals surface area (Å²) in [4.78, 5) is 28.5. The quantitative estimate of drug-likeness (QED) is 0.449. The number of carbonyl (C=O) groups excluding carboxylic acids is 2. The highest BCUT2D eigenvalue weighted by Crippen LogP contribution is 2.27. The predicted molar refractivity (Wildman–Crippen MR) is 126 cm³/mol. The summed E-state index contributed by atoms with van der Waals surface area (Å²) in [7, 11) is 0. The van der Waals surface area contributed by atoms with Gasteiger partial charge in [-0.1, -0.05) is 54.4 Å². The van der Waals surface area contributed by atoms with Crippen molar-refractivity contribution in [1.29, 1.82) is 0 Å². The zero-order valence-electron chi connectivity index (χ0n) is 17.5. The first-order chi connectivity index (χ1) is 14.3. The molecular formula is C23H28Cl2N2O2S. The fraction of sp³-hybridized carbons (Fsp3) is 0.391. The first-order valence-electron chi connectivity index (χ1n) is 10.0. The normalized spacial score (nSPS) is 12.8. The van der Waals surface area contributed by atoms with E-state index in [1.807, 2.05) is 44.2 Å². The van der Waals surface area contributed by atoms with Crippen molar-refractivity contribution < 1.29 is 9.59 Å². The van der Waals surface area contributed by atoms with Crippen LogP contribution >= 0.6 is 35.0 Å². The molecule has 0 aliphatic rings.